The Bertz CT molecular complexity index is 1340. The number of halogens is 4. The quantitative estimate of drug-likeness (QED) is 0.465. The number of hydrogen-bond donors (Lipinski definition) is 2. The van der Waals surface area contributed by atoms with Gasteiger partial charge in [0.1, 0.15) is 12.1 Å². The minimum atomic E-state index is -4.65. The molecular formula is C25H28ClF3N6O2. The van der Waals surface area contributed by atoms with Crippen LogP contribution >= 0.6 is 11.6 Å². The van der Waals surface area contributed by atoms with Crippen molar-refractivity contribution in [3.63, 3.8) is 0 Å². The molecule has 0 aliphatic carbocycles. The third-order valence-electron chi connectivity index (χ3n) is 6.85. The molecule has 0 saturated carbocycles. The maximum absolute atomic E-state index is 14.1. The number of hydrogen-bond acceptors (Lipinski definition) is 6. The van der Waals surface area contributed by atoms with Crippen molar-refractivity contribution in [2.75, 3.05) is 31.9 Å². The van der Waals surface area contributed by atoms with E-state index in [9.17, 15) is 23.1 Å². The molecule has 1 aromatic carbocycles. The molecule has 2 aromatic heterocycles. The van der Waals surface area contributed by atoms with Crippen LogP contribution in [0.3, 0.4) is 0 Å². The summed E-state index contributed by atoms with van der Waals surface area (Å²) in [6, 6.07) is 4.31. The molecule has 0 unspecified atom stereocenters. The van der Waals surface area contributed by atoms with E-state index in [0.717, 1.165) is 0 Å². The number of anilines is 1. The number of nitrogens with two attached hydrogens (primary N) is 1. The fraction of sp³-hybridized carbons (Fsp3) is 0.440. The van der Waals surface area contributed by atoms with Gasteiger partial charge < -0.3 is 15.7 Å². The largest absolute Gasteiger partial charge is 0.465 e. The van der Waals surface area contributed by atoms with Crippen LogP contribution in [-0.4, -0.2) is 67.7 Å². The zero-order chi connectivity index (χ0) is 27.1. The molecule has 0 atom stereocenters. The lowest BCUT2D eigenvalue weighted by atomic mass is 9.92. The van der Waals surface area contributed by atoms with Crippen molar-refractivity contribution in [1.29, 1.82) is 0 Å². The van der Waals surface area contributed by atoms with Gasteiger partial charge in [-0.3, -0.25) is 4.90 Å². The van der Waals surface area contributed by atoms with Crippen molar-refractivity contribution in [3.8, 4) is 11.3 Å². The molecule has 3 aromatic rings. The van der Waals surface area contributed by atoms with Crippen molar-refractivity contribution >= 4 is 34.4 Å². The number of nitrogens with zero attached hydrogens (tertiary/aromatic N) is 5. The summed E-state index contributed by atoms with van der Waals surface area (Å²) in [6.07, 6.45) is -3.58. The van der Waals surface area contributed by atoms with Gasteiger partial charge in [0, 0.05) is 49.1 Å². The Labute approximate surface area is 217 Å². The number of benzene rings is 1. The lowest BCUT2D eigenvalue weighted by molar-refractivity contribution is -0.137. The van der Waals surface area contributed by atoms with Crippen LogP contribution < -0.4 is 5.73 Å². The Morgan fingerprint density at radius 2 is 1.81 bits per heavy atom. The normalized spacial score (nSPS) is 15.4. The van der Waals surface area contributed by atoms with E-state index < -0.39 is 17.8 Å². The van der Waals surface area contributed by atoms with Gasteiger partial charge in [0.15, 0.2) is 0 Å². The van der Waals surface area contributed by atoms with Gasteiger partial charge in [-0.05, 0) is 44.0 Å². The molecule has 1 saturated heterocycles. The van der Waals surface area contributed by atoms with Crippen molar-refractivity contribution < 1.29 is 23.1 Å². The molecule has 3 N–H and O–H groups in total. The second kappa shape index (κ2) is 9.94. The molecular weight excluding hydrogens is 509 g/mol. The van der Waals surface area contributed by atoms with Crippen LogP contribution in [0.15, 0.2) is 24.5 Å². The average Bonchev–Trinajstić information content (AvgIpc) is 2.82. The van der Waals surface area contributed by atoms with Crippen LogP contribution in [0.5, 0.6) is 0 Å². The summed E-state index contributed by atoms with van der Waals surface area (Å²) in [5, 5.41) is 9.93. The molecule has 1 fully saturated rings. The summed E-state index contributed by atoms with van der Waals surface area (Å²) >= 11 is 6.57. The third kappa shape index (κ3) is 5.42. The fourth-order valence-electron chi connectivity index (χ4n) is 4.89. The Kier molecular flexibility index (Phi) is 7.22. The van der Waals surface area contributed by atoms with E-state index in [1.165, 1.54) is 23.4 Å². The molecule has 1 amide bonds. The Morgan fingerprint density at radius 1 is 1.14 bits per heavy atom. The van der Waals surface area contributed by atoms with Gasteiger partial charge in [-0.15, -0.1) is 0 Å². The van der Waals surface area contributed by atoms with Crippen molar-refractivity contribution in [3.05, 3.63) is 46.4 Å². The molecule has 3 heterocycles. The Hall–Kier alpha value is -3.18. The topological polar surface area (TPSA) is 108 Å². The summed E-state index contributed by atoms with van der Waals surface area (Å²) in [5.74, 6) is -0.0239. The summed E-state index contributed by atoms with van der Waals surface area (Å²) in [6.45, 7) is 7.69. The van der Waals surface area contributed by atoms with Gasteiger partial charge in [-0.1, -0.05) is 18.5 Å². The van der Waals surface area contributed by atoms with Crippen LogP contribution in [0, 0.1) is 0 Å². The number of carbonyl (C=O) groups is 1. The number of nitrogen functional groups attached to an aromatic ring is 1. The van der Waals surface area contributed by atoms with Crippen LogP contribution in [0.4, 0.5) is 23.8 Å². The van der Waals surface area contributed by atoms with Crippen LogP contribution in [0.2, 0.25) is 5.02 Å². The van der Waals surface area contributed by atoms with Crippen LogP contribution in [-0.2, 0) is 19.0 Å². The van der Waals surface area contributed by atoms with E-state index in [1.807, 2.05) is 13.8 Å². The van der Waals surface area contributed by atoms with E-state index in [-0.39, 0.29) is 39.6 Å². The molecule has 8 nitrogen and oxygen atoms in total. The van der Waals surface area contributed by atoms with Gasteiger partial charge in [-0.2, -0.15) is 13.2 Å². The first-order chi connectivity index (χ1) is 17.3. The highest BCUT2D eigenvalue weighted by molar-refractivity contribution is 6.34. The molecule has 0 radical (unpaired) electrons. The molecule has 1 aliphatic heterocycles. The van der Waals surface area contributed by atoms with E-state index in [4.69, 9.17) is 17.3 Å². The van der Waals surface area contributed by atoms with Crippen molar-refractivity contribution in [2.45, 2.75) is 45.3 Å². The van der Waals surface area contributed by atoms with Gasteiger partial charge >= 0.3 is 12.3 Å². The van der Waals surface area contributed by atoms with Gasteiger partial charge in [0.2, 0.25) is 0 Å². The highest BCUT2D eigenvalue weighted by atomic mass is 35.5. The molecule has 198 valence electrons. The number of alkyl halides is 3. The molecule has 4 rings (SSSR count). The summed E-state index contributed by atoms with van der Waals surface area (Å²) in [4.78, 5) is 27.6. The standard InChI is InChI=1S/C25H28ClF3N6O2/c1-4-14-9-20(30)33-22(21(14)25(27,28)29)15-11-18-16(10-17(15)26)19(32-13-31-18)12-24(2,3)35-7-5-34(6-8-35)23(36)37/h9-11,13H,4-8,12H2,1-3H3,(H2,30,33)(H,36,37). The number of aryl methyl sites for hydroxylation is 1. The second-order valence-corrected chi connectivity index (χ2v) is 10.1. The highest BCUT2D eigenvalue weighted by Crippen LogP contribution is 2.42. The summed E-state index contributed by atoms with van der Waals surface area (Å²) in [7, 11) is 0. The molecule has 37 heavy (non-hydrogen) atoms. The number of fused-ring (bicyclic) bond motifs is 1. The molecule has 1 aliphatic rings. The Morgan fingerprint density at radius 3 is 2.41 bits per heavy atom. The number of amides is 1. The predicted molar refractivity (Wildman–Crippen MR) is 136 cm³/mol. The summed E-state index contributed by atoms with van der Waals surface area (Å²) < 4.78 is 42.2. The molecule has 12 heteroatoms. The van der Waals surface area contributed by atoms with Crippen LogP contribution in [0.25, 0.3) is 22.2 Å². The SMILES string of the molecule is CCc1cc(N)nc(-c2cc3ncnc(CC(C)(C)N4CCN(C(=O)O)CC4)c3cc2Cl)c1C(F)(F)F. The predicted octanol–water partition coefficient (Wildman–Crippen LogP) is 5.13. The second-order valence-electron chi connectivity index (χ2n) is 9.70. The maximum Gasteiger partial charge on any atom is 0.418 e. The zero-order valence-corrected chi connectivity index (χ0v) is 21.5. The molecule has 0 spiro atoms. The minimum Gasteiger partial charge on any atom is -0.465 e. The zero-order valence-electron chi connectivity index (χ0n) is 20.7. The number of rotatable bonds is 5. The maximum atomic E-state index is 14.1. The average molecular weight is 537 g/mol. The van der Waals surface area contributed by atoms with Gasteiger partial charge in [-0.25, -0.2) is 19.7 Å². The highest BCUT2D eigenvalue weighted by Gasteiger charge is 2.38. The fourth-order valence-corrected chi connectivity index (χ4v) is 5.14. The van der Waals surface area contributed by atoms with E-state index >= 15 is 0 Å². The molecule has 0 bridgehead atoms. The van der Waals surface area contributed by atoms with E-state index in [1.54, 1.807) is 13.0 Å². The first-order valence-corrected chi connectivity index (χ1v) is 12.2. The Balaban J connectivity index is 1.74. The first kappa shape index (κ1) is 26.9. The monoisotopic (exact) mass is 536 g/mol. The number of aromatic nitrogens is 3. The lowest BCUT2D eigenvalue weighted by Gasteiger charge is -2.43. The number of carboxylic acid groups (broad SMARTS) is 1. The van der Waals surface area contributed by atoms with Crippen molar-refractivity contribution in [1.82, 2.24) is 24.8 Å². The third-order valence-corrected chi connectivity index (χ3v) is 7.17. The van der Waals surface area contributed by atoms with Gasteiger partial charge in [0.25, 0.3) is 0 Å². The van der Waals surface area contributed by atoms with E-state index in [2.05, 4.69) is 19.9 Å². The lowest BCUT2D eigenvalue weighted by Crippen LogP contribution is -2.56. The first-order valence-electron chi connectivity index (χ1n) is 11.8. The van der Waals surface area contributed by atoms with Crippen LogP contribution in [0.1, 0.15) is 37.6 Å². The smallest absolute Gasteiger partial charge is 0.418 e. The number of piperazine rings is 1. The van der Waals surface area contributed by atoms with E-state index in [0.29, 0.717) is 49.2 Å². The number of pyridine rings is 1. The minimum absolute atomic E-state index is 0.0239. The summed E-state index contributed by atoms with van der Waals surface area (Å²) in [5.41, 5.74) is 5.56. The van der Waals surface area contributed by atoms with Crippen molar-refractivity contribution in [2.24, 2.45) is 0 Å². The van der Waals surface area contributed by atoms with Gasteiger partial charge in [0.05, 0.1) is 27.5 Å².